The Morgan fingerprint density at radius 2 is 1.02 bits per heavy atom. The van der Waals surface area contributed by atoms with Crippen LogP contribution in [0, 0.1) is 0 Å². The van der Waals surface area contributed by atoms with Gasteiger partial charge in [-0.05, 0) is 91.3 Å². The molecule has 0 fully saturated rings. The summed E-state index contributed by atoms with van der Waals surface area (Å²) in [4.78, 5) is 9.32. The molecule has 1 aliphatic rings. The molecule has 0 bridgehead atoms. The highest BCUT2D eigenvalue weighted by Crippen LogP contribution is 2.50. The number of nitrogens with one attached hydrogen (secondary N) is 2. The molecule has 0 radical (unpaired) electrons. The van der Waals surface area contributed by atoms with Gasteiger partial charge in [0.25, 0.3) is 0 Å². The van der Waals surface area contributed by atoms with Gasteiger partial charge in [0.05, 0.1) is 11.4 Å². The number of nitrogens with zero attached hydrogens (tertiary/aromatic N) is 3. The first-order valence-electron chi connectivity index (χ1n) is 14.2. The summed E-state index contributed by atoms with van der Waals surface area (Å²) in [5, 5.41) is 7.22. The molecule has 0 unspecified atom stereocenters. The van der Waals surface area contributed by atoms with Gasteiger partial charge in [0.1, 0.15) is 0 Å². The fourth-order valence-electron chi connectivity index (χ4n) is 5.00. The van der Waals surface area contributed by atoms with E-state index < -0.39 is 0 Å². The molecule has 1 aliphatic heterocycles. The summed E-state index contributed by atoms with van der Waals surface area (Å²) < 4.78 is 0. The van der Waals surface area contributed by atoms with Crippen LogP contribution in [-0.2, 0) is 0 Å². The van der Waals surface area contributed by atoms with E-state index in [1.807, 2.05) is 11.8 Å². The van der Waals surface area contributed by atoms with Gasteiger partial charge in [-0.2, -0.15) is 0 Å². The molecule has 2 N–H and O–H groups in total. The van der Waals surface area contributed by atoms with Crippen molar-refractivity contribution in [2.75, 3.05) is 60.1 Å². The van der Waals surface area contributed by atoms with Crippen molar-refractivity contribution in [3.05, 3.63) is 84.9 Å². The normalized spacial score (nSPS) is 12.0. The first kappa shape index (κ1) is 27.8. The van der Waals surface area contributed by atoms with Gasteiger partial charge in [-0.3, -0.25) is 0 Å². The van der Waals surface area contributed by atoms with Crippen LogP contribution in [0.25, 0.3) is 0 Å². The fraction of sp³-hybridized carbons (Fsp3) is 0.294. The minimum Gasteiger partial charge on any atom is -0.378 e. The second kappa shape index (κ2) is 12.6. The van der Waals surface area contributed by atoms with Gasteiger partial charge in [-0.1, -0.05) is 37.9 Å². The SMILES string of the molecule is CCCCCCN1c2ccc(Nc3ccc(N(C)C)cc3)cc2Sc2cc(Nc3ccc(N(C)C)cc3)ccc21. The highest BCUT2D eigenvalue weighted by atomic mass is 32.2. The fourth-order valence-corrected chi connectivity index (χ4v) is 6.17. The zero-order chi connectivity index (χ0) is 28.1. The standard InChI is InChI=1S/C34H41N5S/c1-6-7-8-9-22-39-31-20-14-27(35-25-10-16-29(17-11-25)37(2)3)23-33(31)40-34-24-28(15-21-32(34)39)36-26-12-18-30(19-13-26)38(4)5/h10-21,23-24,35-36H,6-9,22H2,1-5H3. The lowest BCUT2D eigenvalue weighted by atomic mass is 10.1. The molecule has 4 aromatic rings. The molecule has 4 aromatic carbocycles. The van der Waals surface area contributed by atoms with Gasteiger partial charge in [0.15, 0.2) is 0 Å². The third kappa shape index (κ3) is 6.50. The van der Waals surface area contributed by atoms with Crippen LogP contribution in [0.2, 0.25) is 0 Å². The second-order valence-electron chi connectivity index (χ2n) is 10.8. The van der Waals surface area contributed by atoms with Crippen LogP contribution >= 0.6 is 11.8 Å². The number of hydrogen-bond acceptors (Lipinski definition) is 6. The summed E-state index contributed by atoms with van der Waals surface area (Å²) in [6.45, 7) is 3.30. The zero-order valence-electron chi connectivity index (χ0n) is 24.4. The van der Waals surface area contributed by atoms with Gasteiger partial charge in [0, 0.05) is 78.7 Å². The molecule has 1 heterocycles. The Morgan fingerprint density at radius 1 is 0.575 bits per heavy atom. The maximum absolute atomic E-state index is 3.61. The van der Waals surface area contributed by atoms with Crippen LogP contribution in [0.5, 0.6) is 0 Å². The van der Waals surface area contributed by atoms with Crippen molar-refractivity contribution in [3.8, 4) is 0 Å². The molecular formula is C34H41N5S. The Bertz CT molecular complexity index is 1310. The van der Waals surface area contributed by atoms with Crippen LogP contribution < -0.4 is 25.3 Å². The highest BCUT2D eigenvalue weighted by Gasteiger charge is 2.24. The van der Waals surface area contributed by atoms with Crippen LogP contribution in [0.15, 0.2) is 94.7 Å². The molecule has 6 heteroatoms. The number of hydrogen-bond donors (Lipinski definition) is 2. The van der Waals surface area contributed by atoms with E-state index in [1.165, 1.54) is 58.2 Å². The molecule has 0 saturated carbocycles. The molecule has 0 aliphatic carbocycles. The zero-order valence-corrected chi connectivity index (χ0v) is 25.2. The lowest BCUT2D eigenvalue weighted by Gasteiger charge is -2.33. The quantitative estimate of drug-likeness (QED) is 0.181. The summed E-state index contributed by atoms with van der Waals surface area (Å²) in [7, 11) is 8.26. The highest BCUT2D eigenvalue weighted by molar-refractivity contribution is 7.99. The summed E-state index contributed by atoms with van der Waals surface area (Å²) in [6.07, 6.45) is 4.98. The third-order valence-electron chi connectivity index (χ3n) is 7.30. The number of unbranched alkanes of at least 4 members (excludes halogenated alkanes) is 3. The molecular weight excluding hydrogens is 510 g/mol. The van der Waals surface area contributed by atoms with Crippen molar-refractivity contribution in [2.24, 2.45) is 0 Å². The summed E-state index contributed by atoms with van der Waals surface area (Å²) in [6, 6.07) is 30.7. The molecule has 5 nitrogen and oxygen atoms in total. The predicted octanol–water partition coefficient (Wildman–Crippen LogP) is 9.49. The van der Waals surface area contributed by atoms with E-state index in [0.717, 1.165) is 29.3 Å². The number of benzene rings is 4. The van der Waals surface area contributed by atoms with Gasteiger partial charge >= 0.3 is 0 Å². The van der Waals surface area contributed by atoms with Crippen molar-refractivity contribution in [1.29, 1.82) is 0 Å². The lowest BCUT2D eigenvalue weighted by molar-refractivity contribution is 0.666. The molecule has 5 rings (SSSR count). The van der Waals surface area contributed by atoms with Crippen molar-refractivity contribution in [1.82, 2.24) is 0 Å². The number of anilines is 8. The molecule has 208 valence electrons. The molecule has 0 aromatic heterocycles. The van der Waals surface area contributed by atoms with Gasteiger partial charge in [-0.25, -0.2) is 0 Å². The molecule has 0 spiro atoms. The van der Waals surface area contributed by atoms with Gasteiger partial charge in [0.2, 0.25) is 0 Å². The Labute approximate surface area is 244 Å². The van der Waals surface area contributed by atoms with Gasteiger partial charge in [-0.15, -0.1) is 0 Å². The predicted molar refractivity (Wildman–Crippen MR) is 176 cm³/mol. The van der Waals surface area contributed by atoms with Crippen LogP contribution in [0.3, 0.4) is 0 Å². The number of rotatable bonds is 11. The molecule has 0 amide bonds. The van der Waals surface area contributed by atoms with E-state index in [9.17, 15) is 0 Å². The largest absolute Gasteiger partial charge is 0.378 e. The molecule has 0 atom stereocenters. The Hall–Kier alpha value is -3.77. The van der Waals surface area contributed by atoms with E-state index in [-0.39, 0.29) is 0 Å². The average molecular weight is 552 g/mol. The smallest absolute Gasteiger partial charge is 0.0554 e. The summed E-state index contributed by atoms with van der Waals surface area (Å²) in [5.41, 5.74) is 9.37. The first-order chi connectivity index (χ1) is 19.4. The molecule has 40 heavy (non-hydrogen) atoms. The van der Waals surface area contributed by atoms with E-state index in [4.69, 9.17) is 0 Å². The minimum atomic E-state index is 1.03. The monoisotopic (exact) mass is 551 g/mol. The Kier molecular flexibility index (Phi) is 8.75. The van der Waals surface area contributed by atoms with Crippen LogP contribution in [0.4, 0.5) is 45.5 Å². The maximum atomic E-state index is 3.61. The molecule has 0 saturated heterocycles. The van der Waals surface area contributed by atoms with Crippen LogP contribution in [-0.4, -0.2) is 34.7 Å². The topological polar surface area (TPSA) is 33.8 Å². The van der Waals surface area contributed by atoms with E-state index >= 15 is 0 Å². The second-order valence-corrected chi connectivity index (χ2v) is 11.9. The van der Waals surface area contributed by atoms with E-state index in [0.29, 0.717) is 0 Å². The van der Waals surface area contributed by atoms with Gasteiger partial charge < -0.3 is 25.3 Å². The summed E-state index contributed by atoms with van der Waals surface area (Å²) >= 11 is 1.86. The third-order valence-corrected chi connectivity index (χ3v) is 8.39. The Balaban J connectivity index is 1.40. The van der Waals surface area contributed by atoms with Crippen LogP contribution in [0.1, 0.15) is 32.6 Å². The lowest BCUT2D eigenvalue weighted by Crippen LogP contribution is -2.22. The van der Waals surface area contributed by atoms with E-state index in [1.54, 1.807) is 0 Å². The maximum Gasteiger partial charge on any atom is 0.0554 e. The van der Waals surface area contributed by atoms with E-state index in [2.05, 4.69) is 145 Å². The average Bonchev–Trinajstić information content (AvgIpc) is 2.95. The Morgan fingerprint density at radius 3 is 1.45 bits per heavy atom. The first-order valence-corrected chi connectivity index (χ1v) is 15.1. The summed E-state index contributed by atoms with van der Waals surface area (Å²) in [5.74, 6) is 0. The van der Waals surface area contributed by atoms with Crippen molar-refractivity contribution >= 4 is 57.3 Å². The van der Waals surface area contributed by atoms with Crippen molar-refractivity contribution < 1.29 is 0 Å². The number of fused-ring (bicyclic) bond motifs is 2. The minimum absolute atomic E-state index is 1.03. The van der Waals surface area contributed by atoms with Crippen molar-refractivity contribution in [3.63, 3.8) is 0 Å². The van der Waals surface area contributed by atoms with Crippen molar-refractivity contribution in [2.45, 2.75) is 42.4 Å².